The van der Waals surface area contributed by atoms with Crippen molar-refractivity contribution in [2.24, 2.45) is 13.0 Å². The van der Waals surface area contributed by atoms with Crippen LogP contribution in [-0.4, -0.2) is 35.3 Å². The summed E-state index contributed by atoms with van der Waals surface area (Å²) < 4.78 is 6.46. The first kappa shape index (κ1) is 15.3. The number of nitrogens with one attached hydrogen (secondary N) is 1. The van der Waals surface area contributed by atoms with Gasteiger partial charge >= 0.3 is 0 Å². The molecule has 1 saturated heterocycles. The van der Waals surface area contributed by atoms with E-state index in [1.54, 1.807) is 32.3 Å². The Hall–Kier alpha value is -2.57. The molecule has 3 rings (SSSR count). The number of nitrogens with zero attached hydrogens (tertiary/aromatic N) is 3. The molecule has 1 aliphatic rings. The Morgan fingerprint density at radius 2 is 2.35 bits per heavy atom. The molecule has 1 fully saturated rings. The standard InChI is InChI=1S/C16H20N4O3/c1-11-14(4-6-23-11)16(22)17-8-12-3-5-20(10-12)13-7-15(21)19(2)18-9-13/h4,6-7,9,12H,3,5,8,10H2,1-2H3,(H,17,22)/t12-/m1/s1. The van der Waals surface area contributed by atoms with Crippen molar-refractivity contribution in [1.82, 2.24) is 15.1 Å². The van der Waals surface area contributed by atoms with Gasteiger partial charge in [0.15, 0.2) is 0 Å². The van der Waals surface area contributed by atoms with Crippen molar-refractivity contribution in [2.75, 3.05) is 24.5 Å². The lowest BCUT2D eigenvalue weighted by Crippen LogP contribution is -2.31. The molecule has 122 valence electrons. The van der Waals surface area contributed by atoms with E-state index >= 15 is 0 Å². The van der Waals surface area contributed by atoms with E-state index in [0.717, 1.165) is 25.2 Å². The van der Waals surface area contributed by atoms with Gasteiger partial charge in [-0.2, -0.15) is 5.10 Å². The van der Waals surface area contributed by atoms with Gasteiger partial charge in [-0.05, 0) is 25.3 Å². The van der Waals surface area contributed by atoms with E-state index in [0.29, 0.717) is 23.8 Å². The first-order chi connectivity index (χ1) is 11.0. The molecular weight excluding hydrogens is 296 g/mol. The predicted molar refractivity (Wildman–Crippen MR) is 85.6 cm³/mol. The first-order valence-corrected chi connectivity index (χ1v) is 7.65. The predicted octanol–water partition coefficient (Wildman–Crippen LogP) is 0.938. The third-order valence-corrected chi connectivity index (χ3v) is 4.26. The summed E-state index contributed by atoms with van der Waals surface area (Å²) >= 11 is 0. The molecule has 7 heteroatoms. The minimum atomic E-state index is -0.116. The molecule has 0 saturated carbocycles. The number of aryl methyl sites for hydroxylation is 2. The smallest absolute Gasteiger partial charge is 0.268 e. The summed E-state index contributed by atoms with van der Waals surface area (Å²) in [6, 6.07) is 3.28. The fourth-order valence-corrected chi connectivity index (χ4v) is 2.82. The van der Waals surface area contributed by atoms with Crippen molar-refractivity contribution >= 4 is 11.6 Å². The Morgan fingerprint density at radius 1 is 1.52 bits per heavy atom. The maximum atomic E-state index is 12.1. The van der Waals surface area contributed by atoms with Gasteiger partial charge in [0.1, 0.15) is 5.76 Å². The Kier molecular flexibility index (Phi) is 4.18. The molecule has 1 N–H and O–H groups in total. The van der Waals surface area contributed by atoms with Crippen molar-refractivity contribution in [3.8, 4) is 0 Å². The summed E-state index contributed by atoms with van der Waals surface area (Å²) in [6.45, 7) is 4.05. The summed E-state index contributed by atoms with van der Waals surface area (Å²) in [6.07, 6.45) is 4.20. The number of furan rings is 1. The van der Waals surface area contributed by atoms with E-state index < -0.39 is 0 Å². The minimum absolute atomic E-state index is 0.107. The van der Waals surface area contributed by atoms with Gasteiger partial charge in [0.05, 0.1) is 23.7 Å². The molecule has 0 aromatic carbocycles. The molecule has 0 aliphatic carbocycles. The van der Waals surface area contributed by atoms with Crippen molar-refractivity contribution in [3.63, 3.8) is 0 Å². The third kappa shape index (κ3) is 3.28. The van der Waals surface area contributed by atoms with Crippen LogP contribution in [0.15, 0.2) is 33.8 Å². The molecule has 1 amide bonds. The van der Waals surface area contributed by atoms with Crippen LogP contribution in [0.5, 0.6) is 0 Å². The van der Waals surface area contributed by atoms with E-state index in [9.17, 15) is 9.59 Å². The second-order valence-electron chi connectivity index (χ2n) is 5.88. The van der Waals surface area contributed by atoms with Crippen LogP contribution in [-0.2, 0) is 7.05 Å². The highest BCUT2D eigenvalue weighted by Gasteiger charge is 2.24. The van der Waals surface area contributed by atoms with Crippen LogP contribution in [0.2, 0.25) is 0 Å². The fraction of sp³-hybridized carbons (Fsp3) is 0.438. The van der Waals surface area contributed by atoms with Crippen LogP contribution in [0.1, 0.15) is 22.5 Å². The van der Waals surface area contributed by atoms with Gasteiger partial charge < -0.3 is 14.6 Å². The fourth-order valence-electron chi connectivity index (χ4n) is 2.82. The average molecular weight is 316 g/mol. The number of aromatic nitrogens is 2. The summed E-state index contributed by atoms with van der Waals surface area (Å²) in [5.41, 5.74) is 1.30. The monoisotopic (exact) mass is 316 g/mol. The highest BCUT2D eigenvalue weighted by Crippen LogP contribution is 2.21. The zero-order valence-corrected chi connectivity index (χ0v) is 13.3. The molecule has 0 unspecified atom stereocenters. The Morgan fingerprint density at radius 3 is 3.04 bits per heavy atom. The number of carbonyl (C=O) groups is 1. The van der Waals surface area contributed by atoms with Crippen molar-refractivity contribution < 1.29 is 9.21 Å². The maximum Gasteiger partial charge on any atom is 0.268 e. The highest BCUT2D eigenvalue weighted by atomic mass is 16.3. The number of carbonyl (C=O) groups excluding carboxylic acids is 1. The van der Waals surface area contributed by atoms with Crippen LogP contribution in [0.25, 0.3) is 0 Å². The lowest BCUT2D eigenvalue weighted by molar-refractivity contribution is 0.0946. The number of anilines is 1. The molecule has 2 aromatic rings. The van der Waals surface area contributed by atoms with Gasteiger partial charge in [-0.25, -0.2) is 4.68 Å². The molecule has 7 nitrogen and oxygen atoms in total. The van der Waals surface area contributed by atoms with Crippen molar-refractivity contribution in [1.29, 1.82) is 0 Å². The number of rotatable bonds is 4. The second-order valence-corrected chi connectivity index (χ2v) is 5.88. The van der Waals surface area contributed by atoms with E-state index in [-0.39, 0.29) is 11.5 Å². The lowest BCUT2D eigenvalue weighted by atomic mass is 10.1. The highest BCUT2D eigenvalue weighted by molar-refractivity contribution is 5.95. The molecule has 1 aliphatic heterocycles. The van der Waals surface area contributed by atoms with Gasteiger partial charge in [0, 0.05) is 32.7 Å². The summed E-state index contributed by atoms with van der Waals surface area (Å²) in [7, 11) is 1.63. The SMILES string of the molecule is Cc1occc1C(=O)NC[C@H]1CCN(c2cnn(C)c(=O)c2)C1. The molecule has 2 aromatic heterocycles. The Bertz CT molecular complexity index is 765. The molecule has 3 heterocycles. The zero-order chi connectivity index (χ0) is 16.4. The largest absolute Gasteiger partial charge is 0.469 e. The average Bonchev–Trinajstić information content (AvgIpc) is 3.16. The van der Waals surface area contributed by atoms with E-state index in [1.807, 2.05) is 0 Å². The summed E-state index contributed by atoms with van der Waals surface area (Å²) in [5, 5.41) is 7.00. The maximum absolute atomic E-state index is 12.1. The molecule has 23 heavy (non-hydrogen) atoms. The molecule has 0 bridgehead atoms. The van der Waals surface area contributed by atoms with Gasteiger partial charge in [-0.3, -0.25) is 9.59 Å². The topological polar surface area (TPSA) is 80.4 Å². The van der Waals surface area contributed by atoms with E-state index in [1.165, 1.54) is 10.9 Å². The van der Waals surface area contributed by atoms with E-state index in [2.05, 4.69) is 15.3 Å². The summed E-state index contributed by atoms with van der Waals surface area (Å²) in [5.74, 6) is 0.877. The molecular formula is C16H20N4O3. The number of hydrogen-bond acceptors (Lipinski definition) is 5. The molecule has 1 atom stereocenters. The normalized spacial score (nSPS) is 17.5. The van der Waals surface area contributed by atoms with Crippen LogP contribution in [0, 0.1) is 12.8 Å². The van der Waals surface area contributed by atoms with Crippen LogP contribution >= 0.6 is 0 Å². The van der Waals surface area contributed by atoms with Gasteiger partial charge in [-0.1, -0.05) is 0 Å². The van der Waals surface area contributed by atoms with Gasteiger partial charge in [0.25, 0.3) is 11.5 Å². The Balaban J connectivity index is 1.56. The third-order valence-electron chi connectivity index (χ3n) is 4.26. The number of hydrogen-bond donors (Lipinski definition) is 1. The molecule has 0 radical (unpaired) electrons. The van der Waals surface area contributed by atoms with Crippen LogP contribution < -0.4 is 15.8 Å². The van der Waals surface area contributed by atoms with E-state index in [4.69, 9.17) is 4.42 Å². The van der Waals surface area contributed by atoms with Crippen LogP contribution in [0.3, 0.4) is 0 Å². The van der Waals surface area contributed by atoms with Gasteiger partial charge in [0.2, 0.25) is 0 Å². The van der Waals surface area contributed by atoms with Gasteiger partial charge in [-0.15, -0.1) is 0 Å². The van der Waals surface area contributed by atoms with Crippen molar-refractivity contribution in [2.45, 2.75) is 13.3 Å². The number of amides is 1. The minimum Gasteiger partial charge on any atom is -0.469 e. The zero-order valence-electron chi connectivity index (χ0n) is 13.3. The second kappa shape index (κ2) is 6.28. The summed E-state index contributed by atoms with van der Waals surface area (Å²) in [4.78, 5) is 25.9. The lowest BCUT2D eigenvalue weighted by Gasteiger charge is -2.18. The van der Waals surface area contributed by atoms with Crippen molar-refractivity contribution in [3.05, 3.63) is 46.3 Å². The quantitative estimate of drug-likeness (QED) is 0.908. The Labute approximate surface area is 133 Å². The molecule has 0 spiro atoms. The first-order valence-electron chi connectivity index (χ1n) is 7.65. The van der Waals surface area contributed by atoms with Crippen LogP contribution in [0.4, 0.5) is 5.69 Å².